The van der Waals surface area contributed by atoms with Gasteiger partial charge in [0.2, 0.25) is 0 Å². The first kappa shape index (κ1) is 11.7. The van der Waals surface area contributed by atoms with Crippen LogP contribution in [0, 0.1) is 0 Å². The maximum Gasteiger partial charge on any atom is 0.335 e. The van der Waals surface area contributed by atoms with E-state index in [9.17, 15) is 9.90 Å². The molecule has 1 N–H and O–H groups in total. The average Bonchev–Trinajstić information content (AvgIpc) is 2.29. The van der Waals surface area contributed by atoms with E-state index in [4.69, 9.17) is 0 Å². The van der Waals surface area contributed by atoms with Crippen molar-refractivity contribution in [2.75, 3.05) is 7.11 Å². The molecule has 82 valence electrons. The molecule has 1 rings (SSSR count). The van der Waals surface area contributed by atoms with Crippen molar-refractivity contribution >= 4 is 5.97 Å². The van der Waals surface area contributed by atoms with Crippen LogP contribution in [0.2, 0.25) is 0 Å². The van der Waals surface area contributed by atoms with Gasteiger partial charge in [0, 0.05) is 18.3 Å². The molecule has 0 aliphatic heterocycles. The second-order valence-corrected chi connectivity index (χ2v) is 3.25. The number of nitrogens with zero attached hydrogens (tertiary/aromatic N) is 1. The second kappa shape index (κ2) is 5.46. The number of aryl methyl sites for hydroxylation is 1. The highest BCUT2D eigenvalue weighted by molar-refractivity contribution is 5.74. The Kier molecular flexibility index (Phi) is 4.24. The minimum Gasteiger partial charge on any atom is -0.467 e. The molecule has 0 bridgehead atoms. The van der Waals surface area contributed by atoms with Gasteiger partial charge in [-0.15, -0.1) is 0 Å². The van der Waals surface area contributed by atoms with Crippen molar-refractivity contribution in [2.45, 2.75) is 25.9 Å². The van der Waals surface area contributed by atoms with Gasteiger partial charge in [-0.3, -0.25) is 4.98 Å². The molecule has 1 heterocycles. The Balaban J connectivity index is 2.60. The molecular formula is C11H15NO3. The van der Waals surface area contributed by atoms with Crippen molar-refractivity contribution in [1.82, 2.24) is 4.98 Å². The average molecular weight is 209 g/mol. The lowest BCUT2D eigenvalue weighted by Crippen LogP contribution is -2.24. The molecule has 0 spiro atoms. The SMILES string of the molecule is CCc1ccc(CC(O)C(=O)OC)nc1. The highest BCUT2D eigenvalue weighted by atomic mass is 16.5. The smallest absolute Gasteiger partial charge is 0.335 e. The fourth-order valence-electron chi connectivity index (χ4n) is 1.20. The van der Waals surface area contributed by atoms with Gasteiger partial charge in [0.1, 0.15) is 0 Å². The Morgan fingerprint density at radius 3 is 2.80 bits per heavy atom. The number of esters is 1. The van der Waals surface area contributed by atoms with E-state index < -0.39 is 12.1 Å². The summed E-state index contributed by atoms with van der Waals surface area (Å²) in [6, 6.07) is 3.75. The molecule has 0 aliphatic rings. The zero-order chi connectivity index (χ0) is 11.3. The van der Waals surface area contributed by atoms with Gasteiger partial charge in [-0.05, 0) is 18.1 Å². The number of carbonyl (C=O) groups excluding carboxylic acids is 1. The number of hydrogen-bond donors (Lipinski definition) is 1. The number of carbonyl (C=O) groups is 1. The van der Waals surface area contributed by atoms with Crippen molar-refractivity contribution < 1.29 is 14.6 Å². The van der Waals surface area contributed by atoms with Gasteiger partial charge in [-0.1, -0.05) is 13.0 Å². The van der Waals surface area contributed by atoms with Crippen LogP contribution in [0.25, 0.3) is 0 Å². The molecule has 0 saturated heterocycles. The summed E-state index contributed by atoms with van der Waals surface area (Å²) in [7, 11) is 1.25. The van der Waals surface area contributed by atoms with Crippen LogP contribution < -0.4 is 0 Å². The molecule has 15 heavy (non-hydrogen) atoms. The molecule has 0 aliphatic carbocycles. The van der Waals surface area contributed by atoms with Crippen molar-refractivity contribution in [3.8, 4) is 0 Å². The first-order valence-electron chi connectivity index (χ1n) is 4.87. The van der Waals surface area contributed by atoms with Gasteiger partial charge in [-0.25, -0.2) is 4.79 Å². The zero-order valence-electron chi connectivity index (χ0n) is 8.93. The monoisotopic (exact) mass is 209 g/mol. The summed E-state index contributed by atoms with van der Waals surface area (Å²) in [6.45, 7) is 2.04. The first-order chi connectivity index (χ1) is 7.17. The molecule has 0 aromatic carbocycles. The fourth-order valence-corrected chi connectivity index (χ4v) is 1.20. The molecule has 1 atom stereocenters. The Bertz CT molecular complexity index is 321. The number of pyridine rings is 1. The van der Waals surface area contributed by atoms with Crippen LogP contribution in [0.3, 0.4) is 0 Å². The number of rotatable bonds is 4. The van der Waals surface area contributed by atoms with Gasteiger partial charge < -0.3 is 9.84 Å². The number of hydrogen-bond acceptors (Lipinski definition) is 4. The molecule has 0 radical (unpaired) electrons. The molecule has 0 amide bonds. The summed E-state index contributed by atoms with van der Waals surface area (Å²) >= 11 is 0. The highest BCUT2D eigenvalue weighted by Crippen LogP contribution is 2.04. The normalized spacial score (nSPS) is 12.2. The lowest BCUT2D eigenvalue weighted by molar-refractivity contribution is -0.150. The Morgan fingerprint density at radius 1 is 1.60 bits per heavy atom. The number of methoxy groups -OCH3 is 1. The molecule has 0 saturated carbocycles. The van der Waals surface area contributed by atoms with E-state index in [1.807, 2.05) is 19.1 Å². The predicted molar refractivity (Wildman–Crippen MR) is 55.3 cm³/mol. The van der Waals surface area contributed by atoms with E-state index in [0.29, 0.717) is 5.69 Å². The van der Waals surface area contributed by atoms with Gasteiger partial charge in [0.25, 0.3) is 0 Å². The lowest BCUT2D eigenvalue weighted by Gasteiger charge is -2.07. The van der Waals surface area contributed by atoms with Crippen LogP contribution >= 0.6 is 0 Å². The van der Waals surface area contributed by atoms with E-state index in [1.54, 1.807) is 6.20 Å². The summed E-state index contributed by atoms with van der Waals surface area (Å²) in [5.41, 5.74) is 1.82. The Morgan fingerprint density at radius 2 is 2.33 bits per heavy atom. The minimum absolute atomic E-state index is 0.191. The molecular weight excluding hydrogens is 194 g/mol. The maximum atomic E-state index is 10.9. The van der Waals surface area contributed by atoms with Crippen LogP contribution in [0.15, 0.2) is 18.3 Å². The molecule has 0 fully saturated rings. The molecule has 1 unspecified atom stereocenters. The Hall–Kier alpha value is -1.42. The van der Waals surface area contributed by atoms with Crippen LogP contribution in [-0.2, 0) is 22.4 Å². The van der Waals surface area contributed by atoms with Crippen molar-refractivity contribution in [3.63, 3.8) is 0 Å². The summed E-state index contributed by atoms with van der Waals surface area (Å²) < 4.78 is 4.41. The van der Waals surface area contributed by atoms with E-state index in [2.05, 4.69) is 9.72 Å². The third-order valence-electron chi connectivity index (χ3n) is 2.17. The topological polar surface area (TPSA) is 59.4 Å². The van der Waals surface area contributed by atoms with E-state index >= 15 is 0 Å². The van der Waals surface area contributed by atoms with Crippen LogP contribution in [0.5, 0.6) is 0 Å². The van der Waals surface area contributed by atoms with Crippen LogP contribution in [0.1, 0.15) is 18.2 Å². The van der Waals surface area contributed by atoms with Crippen molar-refractivity contribution in [2.24, 2.45) is 0 Å². The lowest BCUT2D eigenvalue weighted by atomic mass is 10.1. The molecule has 4 nitrogen and oxygen atoms in total. The fraction of sp³-hybridized carbons (Fsp3) is 0.455. The minimum atomic E-state index is -1.13. The number of aromatic nitrogens is 1. The van der Waals surface area contributed by atoms with Gasteiger partial charge >= 0.3 is 5.97 Å². The number of aliphatic hydroxyl groups is 1. The first-order valence-corrected chi connectivity index (χ1v) is 4.87. The van der Waals surface area contributed by atoms with Crippen LogP contribution in [0.4, 0.5) is 0 Å². The molecule has 1 aromatic rings. The number of aliphatic hydroxyl groups excluding tert-OH is 1. The summed E-state index contributed by atoms with van der Waals surface area (Å²) in [5, 5.41) is 9.38. The predicted octanol–water partition coefficient (Wildman–Crippen LogP) is 0.720. The van der Waals surface area contributed by atoms with Crippen LogP contribution in [-0.4, -0.2) is 29.3 Å². The van der Waals surface area contributed by atoms with Gasteiger partial charge in [0.05, 0.1) is 7.11 Å². The van der Waals surface area contributed by atoms with E-state index in [0.717, 1.165) is 12.0 Å². The van der Waals surface area contributed by atoms with Gasteiger partial charge in [-0.2, -0.15) is 0 Å². The quantitative estimate of drug-likeness (QED) is 0.742. The highest BCUT2D eigenvalue weighted by Gasteiger charge is 2.16. The van der Waals surface area contributed by atoms with E-state index in [1.165, 1.54) is 7.11 Å². The third kappa shape index (κ3) is 3.32. The summed E-state index contributed by atoms with van der Waals surface area (Å²) in [6.07, 6.45) is 1.73. The Labute approximate surface area is 88.9 Å². The van der Waals surface area contributed by atoms with Crippen molar-refractivity contribution in [1.29, 1.82) is 0 Å². The largest absolute Gasteiger partial charge is 0.467 e. The van der Waals surface area contributed by atoms with E-state index in [-0.39, 0.29) is 6.42 Å². The molecule has 4 heteroatoms. The van der Waals surface area contributed by atoms with Crippen molar-refractivity contribution in [3.05, 3.63) is 29.6 Å². The second-order valence-electron chi connectivity index (χ2n) is 3.25. The van der Waals surface area contributed by atoms with Gasteiger partial charge in [0.15, 0.2) is 6.10 Å². The zero-order valence-corrected chi connectivity index (χ0v) is 8.93. The summed E-state index contributed by atoms with van der Waals surface area (Å²) in [4.78, 5) is 15.1. The summed E-state index contributed by atoms with van der Waals surface area (Å²) in [5.74, 6) is -0.628. The number of ether oxygens (including phenoxy) is 1. The maximum absolute atomic E-state index is 10.9. The standard InChI is InChI=1S/C11H15NO3/c1-3-8-4-5-9(12-7-8)6-10(13)11(14)15-2/h4-5,7,10,13H,3,6H2,1-2H3. The molecule has 1 aromatic heterocycles. The third-order valence-corrected chi connectivity index (χ3v) is 2.17.